The van der Waals surface area contributed by atoms with Gasteiger partial charge in [0, 0.05) is 32.2 Å². The molecule has 0 saturated carbocycles. The number of hydrogen-bond acceptors (Lipinski definition) is 3. The molecule has 158 valence electrons. The summed E-state index contributed by atoms with van der Waals surface area (Å²) in [4.78, 5) is 19.4. The number of imidazole rings is 2. The highest BCUT2D eigenvalue weighted by Gasteiger charge is 2.22. The summed E-state index contributed by atoms with van der Waals surface area (Å²) < 4.78 is 5.69. The Balaban J connectivity index is 0.00000240. The van der Waals surface area contributed by atoms with E-state index >= 15 is 0 Å². The van der Waals surface area contributed by atoms with Gasteiger partial charge in [0.25, 0.3) is 0 Å². The van der Waals surface area contributed by atoms with Crippen molar-refractivity contribution >= 4 is 23.4 Å². The van der Waals surface area contributed by atoms with Gasteiger partial charge in [0.2, 0.25) is 0 Å². The number of benzene rings is 1. The third kappa shape index (κ3) is 3.88. The highest BCUT2D eigenvalue weighted by Crippen LogP contribution is 2.28. The third-order valence-electron chi connectivity index (χ3n) is 6.51. The molecule has 1 atom stereocenters. The predicted molar refractivity (Wildman–Crippen MR) is 121 cm³/mol. The van der Waals surface area contributed by atoms with Crippen molar-refractivity contribution in [2.75, 3.05) is 13.1 Å². The van der Waals surface area contributed by atoms with E-state index in [9.17, 15) is 4.79 Å². The Hall–Kier alpha value is -2.05. The van der Waals surface area contributed by atoms with Gasteiger partial charge in [0.1, 0.15) is 0 Å². The second kappa shape index (κ2) is 8.36. The lowest BCUT2D eigenvalue weighted by Crippen LogP contribution is -2.41. The summed E-state index contributed by atoms with van der Waals surface area (Å²) in [5.41, 5.74) is 5.36. The van der Waals surface area contributed by atoms with Crippen molar-refractivity contribution in [2.24, 2.45) is 20.0 Å². The Kier molecular flexibility index (Phi) is 6.24. The maximum atomic E-state index is 12.3. The molecule has 1 fully saturated rings. The topological polar surface area (TPSA) is 48.0 Å². The summed E-state index contributed by atoms with van der Waals surface area (Å²) in [5.74, 6) is 0.846. The first kappa shape index (κ1) is 21.7. The van der Waals surface area contributed by atoms with Crippen LogP contribution in [0.5, 0.6) is 0 Å². The lowest BCUT2D eigenvalue weighted by atomic mass is 9.98. The Morgan fingerprint density at radius 3 is 2.41 bits per heavy atom. The molecule has 1 aromatic carbocycles. The monoisotopic (exact) mass is 417 g/mol. The fraction of sp³-hybridized carbons (Fsp3) is 0.545. The molecule has 3 heterocycles. The highest BCUT2D eigenvalue weighted by atomic mass is 35.5. The zero-order chi connectivity index (χ0) is 20.0. The minimum atomic E-state index is 0. The molecule has 0 N–H and O–H groups in total. The number of nitrogens with zero attached hydrogens (tertiary/aromatic N) is 5. The second-order valence-electron chi connectivity index (χ2n) is 8.56. The van der Waals surface area contributed by atoms with Crippen molar-refractivity contribution in [3.8, 4) is 11.3 Å². The lowest BCUT2D eigenvalue weighted by molar-refractivity contribution is 0.135. The molecule has 3 aromatic rings. The first-order valence-corrected chi connectivity index (χ1v) is 10.3. The van der Waals surface area contributed by atoms with Crippen molar-refractivity contribution in [3.05, 3.63) is 40.7 Å². The summed E-state index contributed by atoms with van der Waals surface area (Å²) in [7, 11) is 3.66. The van der Waals surface area contributed by atoms with Crippen LogP contribution in [-0.4, -0.2) is 42.7 Å². The van der Waals surface area contributed by atoms with Gasteiger partial charge < -0.3 is 4.57 Å². The summed E-state index contributed by atoms with van der Waals surface area (Å²) in [6.45, 7) is 10.1. The van der Waals surface area contributed by atoms with Gasteiger partial charge in [0.15, 0.2) is 0 Å². The van der Waals surface area contributed by atoms with Crippen LogP contribution in [0.15, 0.2) is 29.5 Å². The molecule has 0 radical (unpaired) electrons. The van der Waals surface area contributed by atoms with Crippen molar-refractivity contribution in [1.82, 2.24) is 23.6 Å². The molecular weight excluding hydrogens is 386 g/mol. The average Bonchev–Trinajstić information content (AvgIpc) is 3.21. The Morgan fingerprint density at radius 1 is 1.14 bits per heavy atom. The molecule has 1 aliphatic heterocycles. The van der Waals surface area contributed by atoms with Crippen LogP contribution in [0.25, 0.3) is 22.3 Å². The molecule has 0 spiro atoms. The third-order valence-corrected chi connectivity index (χ3v) is 6.51. The van der Waals surface area contributed by atoms with E-state index in [2.05, 4.69) is 47.4 Å². The molecule has 4 rings (SSSR count). The number of likely N-dealkylation sites (tertiary alicyclic amines) is 1. The molecule has 0 aliphatic carbocycles. The van der Waals surface area contributed by atoms with Crippen molar-refractivity contribution < 1.29 is 0 Å². The van der Waals surface area contributed by atoms with E-state index in [1.54, 1.807) is 9.13 Å². The SMILES string of the molecule is Cc1cc2c(cc1-c1cncn1CC(C)N1CCC(C)CC1)n(C)c(=O)n2C.Cl. The maximum Gasteiger partial charge on any atom is 0.328 e. The van der Waals surface area contributed by atoms with Crippen LogP contribution in [0.3, 0.4) is 0 Å². The minimum Gasteiger partial charge on any atom is -0.329 e. The van der Waals surface area contributed by atoms with Crippen LogP contribution in [0.1, 0.15) is 32.3 Å². The quantitative estimate of drug-likeness (QED) is 0.651. The summed E-state index contributed by atoms with van der Waals surface area (Å²) in [5, 5.41) is 0. The van der Waals surface area contributed by atoms with Crippen LogP contribution < -0.4 is 5.69 Å². The summed E-state index contributed by atoms with van der Waals surface area (Å²) >= 11 is 0. The Labute approximate surface area is 178 Å². The van der Waals surface area contributed by atoms with Gasteiger partial charge >= 0.3 is 5.69 Å². The van der Waals surface area contributed by atoms with Crippen LogP contribution in [0.4, 0.5) is 0 Å². The molecule has 0 bridgehead atoms. The Morgan fingerprint density at radius 2 is 1.76 bits per heavy atom. The van der Waals surface area contributed by atoms with Gasteiger partial charge in [-0.25, -0.2) is 9.78 Å². The van der Waals surface area contributed by atoms with E-state index in [4.69, 9.17) is 0 Å². The normalized spacial score (nSPS) is 16.9. The molecule has 0 amide bonds. The summed E-state index contributed by atoms with van der Waals surface area (Å²) in [6.07, 6.45) is 6.46. The number of halogens is 1. The van der Waals surface area contributed by atoms with Crippen LogP contribution >= 0.6 is 12.4 Å². The molecule has 29 heavy (non-hydrogen) atoms. The molecule has 1 saturated heterocycles. The number of piperidine rings is 1. The largest absolute Gasteiger partial charge is 0.329 e. The van der Waals surface area contributed by atoms with Gasteiger partial charge in [-0.1, -0.05) is 6.92 Å². The number of fused-ring (bicyclic) bond motifs is 1. The van der Waals surface area contributed by atoms with E-state index in [1.807, 2.05) is 26.6 Å². The molecule has 7 heteroatoms. The first-order chi connectivity index (χ1) is 13.4. The fourth-order valence-electron chi connectivity index (χ4n) is 4.49. The average molecular weight is 418 g/mol. The Bertz CT molecular complexity index is 1060. The number of hydrogen-bond donors (Lipinski definition) is 0. The first-order valence-electron chi connectivity index (χ1n) is 10.3. The van der Waals surface area contributed by atoms with Crippen molar-refractivity contribution in [1.29, 1.82) is 0 Å². The zero-order valence-electron chi connectivity index (χ0n) is 18.1. The lowest BCUT2D eigenvalue weighted by Gasteiger charge is -2.35. The minimum absolute atomic E-state index is 0. The van der Waals surface area contributed by atoms with Crippen molar-refractivity contribution in [3.63, 3.8) is 0 Å². The summed E-state index contributed by atoms with van der Waals surface area (Å²) in [6, 6.07) is 4.72. The number of aromatic nitrogens is 4. The number of rotatable bonds is 4. The smallest absolute Gasteiger partial charge is 0.328 e. The van der Waals surface area contributed by atoms with E-state index in [0.29, 0.717) is 6.04 Å². The predicted octanol–water partition coefficient (Wildman–Crippen LogP) is 3.59. The highest BCUT2D eigenvalue weighted by molar-refractivity contribution is 5.85. The van der Waals surface area contributed by atoms with E-state index in [0.717, 1.165) is 40.3 Å². The zero-order valence-corrected chi connectivity index (χ0v) is 18.9. The van der Waals surface area contributed by atoms with Gasteiger partial charge in [-0.2, -0.15) is 0 Å². The van der Waals surface area contributed by atoms with Gasteiger partial charge in [-0.05, 0) is 63.4 Å². The molecule has 2 aromatic heterocycles. The molecule has 1 aliphatic rings. The van der Waals surface area contributed by atoms with Crippen LogP contribution in [-0.2, 0) is 20.6 Å². The molecular formula is C22H32ClN5O. The number of aryl methyl sites for hydroxylation is 3. The van der Waals surface area contributed by atoms with E-state index in [-0.39, 0.29) is 18.1 Å². The second-order valence-corrected chi connectivity index (χ2v) is 8.56. The van der Waals surface area contributed by atoms with Gasteiger partial charge in [-0.15, -0.1) is 12.4 Å². The fourth-order valence-corrected chi connectivity index (χ4v) is 4.49. The van der Waals surface area contributed by atoms with Crippen molar-refractivity contribution in [2.45, 2.75) is 46.2 Å². The van der Waals surface area contributed by atoms with E-state index in [1.165, 1.54) is 25.9 Å². The van der Waals surface area contributed by atoms with Gasteiger partial charge in [-0.3, -0.25) is 14.0 Å². The van der Waals surface area contributed by atoms with Gasteiger partial charge in [0.05, 0.1) is 29.3 Å². The molecule has 1 unspecified atom stereocenters. The van der Waals surface area contributed by atoms with Crippen LogP contribution in [0.2, 0.25) is 0 Å². The maximum absolute atomic E-state index is 12.3. The molecule has 6 nitrogen and oxygen atoms in total. The van der Waals surface area contributed by atoms with E-state index < -0.39 is 0 Å². The standard InChI is InChI=1S/C22H31N5O.ClH/c1-15-6-8-26(9-7-15)17(3)13-27-14-23-12-21(27)18-11-20-19(10-16(18)2)24(4)22(28)25(20)5;/h10-12,14-15,17H,6-9,13H2,1-5H3;1H. The van der Waals surface area contributed by atoms with Crippen LogP contribution in [0, 0.1) is 12.8 Å².